The van der Waals surface area contributed by atoms with Gasteiger partial charge in [0.2, 0.25) is 0 Å². The number of rotatable bonds is 3. The first-order chi connectivity index (χ1) is 8.56. The van der Waals surface area contributed by atoms with Gasteiger partial charge in [-0.3, -0.25) is 4.98 Å². The molecule has 0 aliphatic heterocycles. The predicted molar refractivity (Wildman–Crippen MR) is 70.4 cm³/mol. The second-order valence-electron chi connectivity index (χ2n) is 3.39. The average Bonchev–Trinajstić information content (AvgIpc) is 2.31. The summed E-state index contributed by atoms with van der Waals surface area (Å²) in [6.07, 6.45) is 3.10. The molecule has 0 bridgehead atoms. The smallest absolute Gasteiger partial charge is 0.339 e. The van der Waals surface area contributed by atoms with Crippen LogP contribution in [0.2, 0.25) is 5.02 Å². The molecular weight excluding hydrogens is 321 g/mol. The van der Waals surface area contributed by atoms with Crippen LogP contribution in [0.4, 0.5) is 0 Å². The molecule has 0 fully saturated rings. The number of carboxylic acids is 1. The average molecular weight is 329 g/mol. The first-order valence-corrected chi connectivity index (χ1v) is 6.04. The number of aromatic carboxylic acids is 1. The van der Waals surface area contributed by atoms with Crippen LogP contribution >= 0.6 is 27.5 Å². The zero-order chi connectivity index (χ0) is 13.1. The Morgan fingerprint density at radius 2 is 2.11 bits per heavy atom. The molecule has 0 unspecified atom stereocenters. The molecule has 1 aromatic heterocycles. The lowest BCUT2D eigenvalue weighted by Gasteiger charge is -2.08. The van der Waals surface area contributed by atoms with Crippen molar-refractivity contribution in [1.29, 1.82) is 0 Å². The van der Waals surface area contributed by atoms with E-state index in [1.54, 1.807) is 18.3 Å². The molecule has 1 aromatic carbocycles. The Morgan fingerprint density at radius 1 is 1.33 bits per heavy atom. The van der Waals surface area contributed by atoms with Crippen molar-refractivity contribution in [1.82, 2.24) is 4.98 Å². The normalized spacial score (nSPS) is 10.1. The van der Waals surface area contributed by atoms with Crippen molar-refractivity contribution in [2.75, 3.05) is 0 Å². The molecule has 6 heteroatoms. The third-order valence-corrected chi connectivity index (χ3v) is 2.75. The maximum atomic E-state index is 11.1. The number of carboxylic acid groups (broad SMARTS) is 1. The number of ether oxygens (including phenoxy) is 1. The Labute approximate surface area is 116 Å². The van der Waals surface area contributed by atoms with Gasteiger partial charge in [-0.15, -0.1) is 0 Å². The van der Waals surface area contributed by atoms with Crippen molar-refractivity contribution in [3.05, 3.63) is 51.7 Å². The molecule has 1 N–H and O–H groups in total. The van der Waals surface area contributed by atoms with Crippen LogP contribution in [-0.2, 0) is 0 Å². The number of hydrogen-bond donors (Lipinski definition) is 1. The highest BCUT2D eigenvalue weighted by Crippen LogP contribution is 2.28. The highest BCUT2D eigenvalue weighted by molar-refractivity contribution is 9.10. The van der Waals surface area contributed by atoms with Crippen LogP contribution in [0.15, 0.2) is 41.1 Å². The molecular formula is C12H7BrClNO3. The highest BCUT2D eigenvalue weighted by atomic mass is 79.9. The number of aromatic nitrogens is 1. The van der Waals surface area contributed by atoms with Crippen molar-refractivity contribution in [3.63, 3.8) is 0 Å². The summed E-state index contributed by atoms with van der Waals surface area (Å²) in [5, 5.41) is 9.40. The molecule has 0 radical (unpaired) electrons. The second kappa shape index (κ2) is 5.37. The maximum absolute atomic E-state index is 11.1. The van der Waals surface area contributed by atoms with E-state index in [1.165, 1.54) is 18.3 Å². The molecule has 2 rings (SSSR count). The van der Waals surface area contributed by atoms with Gasteiger partial charge in [-0.25, -0.2) is 4.79 Å². The standard InChI is InChI=1S/C12H7BrClNO3/c13-7-3-9(6-15-5-7)18-11-2-1-8(14)4-10(11)12(16)17/h1-6H,(H,16,17). The quantitative estimate of drug-likeness (QED) is 0.925. The van der Waals surface area contributed by atoms with Crippen LogP contribution in [-0.4, -0.2) is 16.1 Å². The third kappa shape index (κ3) is 3.00. The lowest BCUT2D eigenvalue weighted by atomic mass is 10.2. The second-order valence-corrected chi connectivity index (χ2v) is 4.74. The van der Waals surface area contributed by atoms with Crippen LogP contribution in [0.25, 0.3) is 0 Å². The van der Waals surface area contributed by atoms with E-state index in [4.69, 9.17) is 21.4 Å². The number of benzene rings is 1. The van der Waals surface area contributed by atoms with E-state index in [0.29, 0.717) is 10.8 Å². The largest absolute Gasteiger partial charge is 0.478 e. The van der Waals surface area contributed by atoms with E-state index in [-0.39, 0.29) is 11.3 Å². The van der Waals surface area contributed by atoms with Crippen LogP contribution in [0.5, 0.6) is 11.5 Å². The fraction of sp³-hybridized carbons (Fsp3) is 0. The van der Waals surface area contributed by atoms with E-state index in [9.17, 15) is 4.79 Å². The van der Waals surface area contributed by atoms with Crippen molar-refractivity contribution < 1.29 is 14.6 Å². The van der Waals surface area contributed by atoms with Crippen molar-refractivity contribution >= 4 is 33.5 Å². The Balaban J connectivity index is 2.37. The summed E-state index contributed by atoms with van der Waals surface area (Å²) >= 11 is 9.00. The van der Waals surface area contributed by atoms with Gasteiger partial charge in [0.15, 0.2) is 0 Å². The van der Waals surface area contributed by atoms with Crippen molar-refractivity contribution in [3.8, 4) is 11.5 Å². The molecule has 0 atom stereocenters. The lowest BCUT2D eigenvalue weighted by molar-refractivity contribution is 0.0694. The van der Waals surface area contributed by atoms with Gasteiger partial charge in [0.25, 0.3) is 0 Å². The van der Waals surface area contributed by atoms with E-state index in [1.807, 2.05) is 0 Å². The molecule has 0 amide bonds. The van der Waals surface area contributed by atoms with Gasteiger partial charge in [0.1, 0.15) is 17.1 Å². The molecule has 0 aliphatic carbocycles. The minimum atomic E-state index is -1.10. The zero-order valence-corrected chi connectivity index (χ0v) is 11.3. The van der Waals surface area contributed by atoms with Gasteiger partial charge in [-0.2, -0.15) is 0 Å². The number of nitrogens with zero attached hydrogens (tertiary/aromatic N) is 1. The van der Waals surface area contributed by atoms with Crippen molar-refractivity contribution in [2.24, 2.45) is 0 Å². The molecule has 92 valence electrons. The molecule has 0 spiro atoms. The van der Waals surface area contributed by atoms with E-state index < -0.39 is 5.97 Å². The monoisotopic (exact) mass is 327 g/mol. The number of pyridine rings is 1. The summed E-state index contributed by atoms with van der Waals surface area (Å²) in [7, 11) is 0. The fourth-order valence-electron chi connectivity index (χ4n) is 1.33. The number of halogens is 2. The molecule has 1 heterocycles. The van der Waals surface area contributed by atoms with E-state index in [2.05, 4.69) is 20.9 Å². The molecule has 18 heavy (non-hydrogen) atoms. The van der Waals surface area contributed by atoms with Gasteiger partial charge in [0, 0.05) is 15.7 Å². The summed E-state index contributed by atoms with van der Waals surface area (Å²) in [6, 6.07) is 6.10. The summed E-state index contributed by atoms with van der Waals surface area (Å²) in [6.45, 7) is 0. The number of carbonyl (C=O) groups is 1. The summed E-state index contributed by atoms with van der Waals surface area (Å²) in [4.78, 5) is 15.0. The third-order valence-electron chi connectivity index (χ3n) is 2.08. The topological polar surface area (TPSA) is 59.4 Å². The van der Waals surface area contributed by atoms with Gasteiger partial charge in [-0.1, -0.05) is 11.6 Å². The minimum absolute atomic E-state index is 0.00229. The first-order valence-electron chi connectivity index (χ1n) is 4.87. The van der Waals surface area contributed by atoms with E-state index >= 15 is 0 Å². The molecule has 4 nitrogen and oxygen atoms in total. The molecule has 2 aromatic rings. The van der Waals surface area contributed by atoms with Gasteiger partial charge in [0.05, 0.1) is 6.20 Å². The molecule has 0 saturated heterocycles. The Hall–Kier alpha value is -1.59. The highest BCUT2D eigenvalue weighted by Gasteiger charge is 2.13. The Morgan fingerprint density at radius 3 is 2.78 bits per heavy atom. The maximum Gasteiger partial charge on any atom is 0.339 e. The van der Waals surface area contributed by atoms with E-state index in [0.717, 1.165) is 4.47 Å². The SMILES string of the molecule is O=C(O)c1cc(Cl)ccc1Oc1cncc(Br)c1. The Kier molecular flexibility index (Phi) is 3.84. The summed E-state index contributed by atoms with van der Waals surface area (Å²) < 4.78 is 6.22. The van der Waals surface area contributed by atoms with Gasteiger partial charge >= 0.3 is 5.97 Å². The van der Waals surface area contributed by atoms with Crippen LogP contribution in [0.1, 0.15) is 10.4 Å². The lowest BCUT2D eigenvalue weighted by Crippen LogP contribution is -2.00. The van der Waals surface area contributed by atoms with Crippen LogP contribution < -0.4 is 4.74 Å². The Bertz CT molecular complexity index is 604. The predicted octanol–water partition coefficient (Wildman–Crippen LogP) is 3.99. The summed E-state index contributed by atoms with van der Waals surface area (Å²) in [5.74, 6) is -0.448. The number of hydrogen-bond acceptors (Lipinski definition) is 3. The van der Waals surface area contributed by atoms with Crippen LogP contribution in [0, 0.1) is 0 Å². The zero-order valence-electron chi connectivity index (χ0n) is 8.93. The van der Waals surface area contributed by atoms with Crippen LogP contribution in [0.3, 0.4) is 0 Å². The summed E-state index contributed by atoms with van der Waals surface area (Å²) in [5.41, 5.74) is 0.00229. The first kappa shape index (κ1) is 12.9. The van der Waals surface area contributed by atoms with Gasteiger partial charge in [-0.05, 0) is 40.2 Å². The van der Waals surface area contributed by atoms with Crippen molar-refractivity contribution in [2.45, 2.75) is 0 Å². The molecule has 0 saturated carbocycles. The molecule has 0 aliphatic rings. The minimum Gasteiger partial charge on any atom is -0.478 e. The fourth-order valence-corrected chi connectivity index (χ4v) is 1.85. The van der Waals surface area contributed by atoms with Gasteiger partial charge < -0.3 is 9.84 Å².